The lowest BCUT2D eigenvalue weighted by Gasteiger charge is -2.07. The smallest absolute Gasteiger partial charge is 0.267 e. The van der Waals surface area contributed by atoms with E-state index in [9.17, 15) is 9.59 Å². The van der Waals surface area contributed by atoms with Crippen molar-refractivity contribution in [1.82, 2.24) is 10.3 Å². The molecule has 0 spiro atoms. The fourth-order valence-electron chi connectivity index (χ4n) is 2.61. The average molecular weight is 346 g/mol. The number of carbonyl (C=O) groups is 1. The van der Waals surface area contributed by atoms with Crippen molar-refractivity contribution in [1.29, 1.82) is 0 Å². The number of fused-ring (bicyclic) bond motifs is 1. The van der Waals surface area contributed by atoms with Gasteiger partial charge in [0.05, 0.1) is 0 Å². The molecule has 0 bridgehead atoms. The van der Waals surface area contributed by atoms with Gasteiger partial charge in [0, 0.05) is 23.5 Å². The molecule has 0 aliphatic rings. The molecule has 3 aromatic rings. The molecular weight excluding hydrogens is 328 g/mol. The summed E-state index contributed by atoms with van der Waals surface area (Å²) in [6.45, 7) is 0.692. The van der Waals surface area contributed by atoms with Crippen LogP contribution in [0.4, 0.5) is 0 Å². The first-order valence-corrected chi connectivity index (χ1v) is 8.23. The predicted molar refractivity (Wildman–Crippen MR) is 101 cm³/mol. The highest BCUT2D eigenvalue weighted by atomic mass is 16.5. The van der Waals surface area contributed by atoms with Crippen molar-refractivity contribution in [3.8, 4) is 18.1 Å². The molecule has 1 amide bonds. The molecule has 0 saturated heterocycles. The Morgan fingerprint density at radius 2 is 1.92 bits per heavy atom. The second kappa shape index (κ2) is 8.04. The highest BCUT2D eigenvalue weighted by molar-refractivity contribution is 5.94. The Hall–Kier alpha value is -3.52. The molecule has 0 radical (unpaired) electrons. The number of hydrogen-bond donors (Lipinski definition) is 2. The van der Waals surface area contributed by atoms with Crippen LogP contribution in [0.3, 0.4) is 0 Å². The Morgan fingerprint density at radius 1 is 1.15 bits per heavy atom. The van der Waals surface area contributed by atoms with Crippen LogP contribution >= 0.6 is 0 Å². The van der Waals surface area contributed by atoms with Gasteiger partial charge >= 0.3 is 0 Å². The zero-order valence-corrected chi connectivity index (χ0v) is 14.1. The maximum absolute atomic E-state index is 12.3. The second-order valence-corrected chi connectivity index (χ2v) is 5.74. The normalized spacial score (nSPS) is 10.3. The molecule has 3 rings (SSSR count). The van der Waals surface area contributed by atoms with Crippen LogP contribution in [-0.4, -0.2) is 24.0 Å². The summed E-state index contributed by atoms with van der Waals surface area (Å²) in [6, 6.07) is 16.0. The van der Waals surface area contributed by atoms with Gasteiger partial charge in [0.25, 0.3) is 5.91 Å². The summed E-state index contributed by atoms with van der Waals surface area (Å²) in [7, 11) is 0. The predicted octanol–water partition coefficient (Wildman–Crippen LogP) is 2.51. The van der Waals surface area contributed by atoms with Crippen LogP contribution < -0.4 is 15.5 Å². The summed E-state index contributed by atoms with van der Waals surface area (Å²) < 4.78 is 5.32. The molecule has 2 aromatic carbocycles. The maximum atomic E-state index is 12.3. The van der Waals surface area contributed by atoms with E-state index in [-0.39, 0.29) is 23.6 Å². The molecule has 2 N–H and O–H groups in total. The number of para-hydroxylation sites is 1. The van der Waals surface area contributed by atoms with Gasteiger partial charge in [-0.1, -0.05) is 30.2 Å². The van der Waals surface area contributed by atoms with Gasteiger partial charge < -0.3 is 15.0 Å². The first-order valence-electron chi connectivity index (χ1n) is 8.23. The maximum Gasteiger partial charge on any atom is 0.267 e. The molecule has 0 unspecified atom stereocenters. The molecule has 0 atom stereocenters. The molecule has 0 fully saturated rings. The number of amides is 1. The van der Waals surface area contributed by atoms with Gasteiger partial charge in [-0.05, 0) is 36.2 Å². The molecule has 130 valence electrons. The fraction of sp³-hybridized carbons (Fsp3) is 0.143. The summed E-state index contributed by atoms with van der Waals surface area (Å²) in [5, 5.41) is 3.39. The second-order valence-electron chi connectivity index (χ2n) is 5.74. The summed E-state index contributed by atoms with van der Waals surface area (Å²) >= 11 is 0. The summed E-state index contributed by atoms with van der Waals surface area (Å²) in [5.41, 5.74) is 1.79. The lowest BCUT2D eigenvalue weighted by molar-refractivity contribution is 0.0949. The summed E-state index contributed by atoms with van der Waals surface area (Å²) in [6.07, 6.45) is 5.82. The SMILES string of the molecule is C#CCOc1ccc(CCNC(=O)c2cc(=O)c3ccccc3[nH]2)cc1. The van der Waals surface area contributed by atoms with Gasteiger partial charge in [-0.15, -0.1) is 6.42 Å². The molecule has 1 aromatic heterocycles. The minimum Gasteiger partial charge on any atom is -0.481 e. The van der Waals surface area contributed by atoms with Gasteiger partial charge in [0.2, 0.25) is 0 Å². The van der Waals surface area contributed by atoms with Gasteiger partial charge in [-0.25, -0.2) is 0 Å². The van der Waals surface area contributed by atoms with Crippen LogP contribution in [0.5, 0.6) is 5.75 Å². The van der Waals surface area contributed by atoms with Crippen LogP contribution in [-0.2, 0) is 6.42 Å². The largest absolute Gasteiger partial charge is 0.481 e. The van der Waals surface area contributed by atoms with Crippen LogP contribution in [0.25, 0.3) is 10.9 Å². The number of aromatic nitrogens is 1. The van der Waals surface area contributed by atoms with E-state index in [1.165, 1.54) is 6.07 Å². The number of hydrogen-bond acceptors (Lipinski definition) is 3. The fourth-order valence-corrected chi connectivity index (χ4v) is 2.61. The third-order valence-electron chi connectivity index (χ3n) is 3.93. The number of rotatable bonds is 6. The summed E-state index contributed by atoms with van der Waals surface area (Å²) in [5.74, 6) is 2.82. The van der Waals surface area contributed by atoms with E-state index in [2.05, 4.69) is 16.2 Å². The van der Waals surface area contributed by atoms with Crippen molar-refractivity contribution in [2.75, 3.05) is 13.2 Å². The van der Waals surface area contributed by atoms with Gasteiger partial charge in [-0.3, -0.25) is 9.59 Å². The molecule has 5 nitrogen and oxygen atoms in total. The first kappa shape index (κ1) is 17.3. The molecular formula is C21H18N2O3. The Kier molecular flexibility index (Phi) is 5.35. The minimum absolute atomic E-state index is 0.174. The van der Waals surface area contributed by atoms with Gasteiger partial charge in [0.15, 0.2) is 5.43 Å². The van der Waals surface area contributed by atoms with E-state index < -0.39 is 0 Å². The molecule has 26 heavy (non-hydrogen) atoms. The van der Waals surface area contributed by atoms with E-state index in [4.69, 9.17) is 11.2 Å². The van der Waals surface area contributed by atoms with Crippen LogP contribution in [0.1, 0.15) is 16.1 Å². The van der Waals surface area contributed by atoms with E-state index in [0.717, 1.165) is 5.56 Å². The quantitative estimate of drug-likeness (QED) is 0.674. The van der Waals surface area contributed by atoms with Crippen molar-refractivity contribution < 1.29 is 9.53 Å². The van der Waals surface area contributed by atoms with Crippen molar-refractivity contribution in [3.63, 3.8) is 0 Å². The van der Waals surface area contributed by atoms with Gasteiger partial charge in [-0.2, -0.15) is 0 Å². The highest BCUT2D eigenvalue weighted by Crippen LogP contribution is 2.12. The number of nitrogens with one attached hydrogen (secondary N) is 2. The van der Waals surface area contributed by atoms with Crippen molar-refractivity contribution in [2.45, 2.75) is 6.42 Å². The van der Waals surface area contributed by atoms with E-state index >= 15 is 0 Å². The van der Waals surface area contributed by atoms with Crippen LogP contribution in [0.2, 0.25) is 0 Å². The first-order chi connectivity index (χ1) is 12.7. The zero-order valence-electron chi connectivity index (χ0n) is 14.1. The van der Waals surface area contributed by atoms with Crippen molar-refractivity contribution >= 4 is 16.8 Å². The molecule has 0 aliphatic carbocycles. The number of benzene rings is 2. The molecule has 0 saturated carbocycles. The Bertz CT molecular complexity index is 1010. The van der Waals surface area contributed by atoms with E-state index in [0.29, 0.717) is 29.6 Å². The van der Waals surface area contributed by atoms with Crippen molar-refractivity contribution in [2.24, 2.45) is 0 Å². The molecule has 1 heterocycles. The number of ether oxygens (including phenoxy) is 1. The number of H-pyrrole nitrogens is 1. The Balaban J connectivity index is 1.59. The topological polar surface area (TPSA) is 71.2 Å². The number of terminal acetylenes is 1. The monoisotopic (exact) mass is 346 g/mol. The number of carbonyl (C=O) groups excluding carboxylic acids is 1. The third-order valence-corrected chi connectivity index (χ3v) is 3.93. The van der Waals surface area contributed by atoms with E-state index in [1.807, 2.05) is 30.3 Å². The van der Waals surface area contributed by atoms with E-state index in [1.54, 1.807) is 18.2 Å². The molecule has 0 aliphatic heterocycles. The summed E-state index contributed by atoms with van der Waals surface area (Å²) in [4.78, 5) is 27.4. The van der Waals surface area contributed by atoms with Crippen LogP contribution in [0, 0.1) is 12.3 Å². The lowest BCUT2D eigenvalue weighted by atomic mass is 10.1. The van der Waals surface area contributed by atoms with Crippen molar-refractivity contribution in [3.05, 3.63) is 76.1 Å². The highest BCUT2D eigenvalue weighted by Gasteiger charge is 2.09. The molecule has 5 heteroatoms. The minimum atomic E-state index is -0.304. The zero-order chi connectivity index (χ0) is 18.4. The number of aromatic amines is 1. The lowest BCUT2D eigenvalue weighted by Crippen LogP contribution is -2.27. The Labute approximate surface area is 151 Å². The standard InChI is InChI=1S/C21H18N2O3/c1-2-13-26-16-9-7-15(8-10-16)11-12-22-21(25)19-14-20(24)17-5-3-4-6-18(17)23-19/h1,3-10,14H,11-13H2,(H,22,25)(H,23,24). The third kappa shape index (κ3) is 4.11. The van der Waals surface area contributed by atoms with Gasteiger partial charge in [0.1, 0.15) is 18.1 Å². The Morgan fingerprint density at radius 3 is 2.69 bits per heavy atom. The average Bonchev–Trinajstić information content (AvgIpc) is 2.67. The number of pyridine rings is 1. The van der Waals surface area contributed by atoms with Crippen LogP contribution in [0.15, 0.2) is 59.4 Å².